The van der Waals surface area contributed by atoms with E-state index in [0.29, 0.717) is 29.1 Å². The second kappa shape index (κ2) is 12.5. The normalized spacial score (nSPS) is 17.3. The average molecular weight is 598 g/mol. The number of H-pyrrole nitrogens is 1. The molecule has 0 amide bonds. The monoisotopic (exact) mass is 597 g/mol. The van der Waals surface area contributed by atoms with Gasteiger partial charge in [-0.2, -0.15) is 0 Å². The van der Waals surface area contributed by atoms with Crippen LogP contribution in [0.3, 0.4) is 0 Å². The topological polar surface area (TPSA) is 57.8 Å². The standard InChI is InChI=1S/C36H40ClN3O3/c1-4-42-35(41)31-11-9-29(22-34(31)43-30-10-12-33-26(21-30)14-16-38-33)40-19-17-39(18-20-40)24-27-13-15-36(2,3)23-32(27)25-5-7-28(37)8-6-25/h5-12,14,16,21-22,38H,4,13,15,17-20,23-24H2,1-3H3. The summed E-state index contributed by atoms with van der Waals surface area (Å²) >= 11 is 6.21. The van der Waals surface area contributed by atoms with Crippen molar-refractivity contribution in [3.63, 3.8) is 0 Å². The number of allylic oxidation sites excluding steroid dienone is 1. The smallest absolute Gasteiger partial charge is 0.341 e. The summed E-state index contributed by atoms with van der Waals surface area (Å²) in [4.78, 5) is 21.0. The molecule has 3 aromatic carbocycles. The maximum Gasteiger partial charge on any atom is 0.341 e. The summed E-state index contributed by atoms with van der Waals surface area (Å²) < 4.78 is 11.7. The fourth-order valence-electron chi connectivity index (χ4n) is 6.29. The van der Waals surface area contributed by atoms with Crippen LogP contribution in [-0.2, 0) is 4.74 Å². The zero-order valence-corrected chi connectivity index (χ0v) is 26.0. The molecule has 1 saturated heterocycles. The van der Waals surface area contributed by atoms with E-state index in [-0.39, 0.29) is 5.97 Å². The third-order valence-electron chi connectivity index (χ3n) is 8.74. The number of fused-ring (bicyclic) bond motifs is 1. The van der Waals surface area contributed by atoms with Crippen molar-refractivity contribution in [3.05, 3.63) is 94.6 Å². The van der Waals surface area contributed by atoms with E-state index in [2.05, 4.69) is 40.8 Å². The molecule has 2 heterocycles. The van der Waals surface area contributed by atoms with Crippen LogP contribution in [0.1, 0.15) is 56.0 Å². The quantitative estimate of drug-likeness (QED) is 0.206. The molecule has 224 valence electrons. The van der Waals surface area contributed by atoms with Gasteiger partial charge in [0.05, 0.1) is 6.61 Å². The van der Waals surface area contributed by atoms with Crippen LogP contribution < -0.4 is 9.64 Å². The molecule has 43 heavy (non-hydrogen) atoms. The first-order valence-corrected chi connectivity index (χ1v) is 15.7. The van der Waals surface area contributed by atoms with E-state index in [1.807, 2.05) is 67.7 Å². The number of halogens is 1. The number of aromatic amines is 1. The minimum Gasteiger partial charge on any atom is -0.462 e. The van der Waals surface area contributed by atoms with E-state index < -0.39 is 0 Å². The van der Waals surface area contributed by atoms with Gasteiger partial charge in [0.1, 0.15) is 17.1 Å². The van der Waals surface area contributed by atoms with Crippen molar-refractivity contribution in [2.75, 3.05) is 44.2 Å². The van der Waals surface area contributed by atoms with E-state index in [9.17, 15) is 4.79 Å². The molecule has 1 fully saturated rings. The number of esters is 1. The van der Waals surface area contributed by atoms with Crippen LogP contribution in [0, 0.1) is 5.41 Å². The molecule has 0 radical (unpaired) electrons. The van der Waals surface area contributed by atoms with Crippen LogP contribution in [0.2, 0.25) is 5.02 Å². The van der Waals surface area contributed by atoms with Gasteiger partial charge in [-0.3, -0.25) is 4.90 Å². The molecule has 1 aliphatic heterocycles. The molecule has 0 bridgehead atoms. The van der Waals surface area contributed by atoms with Gasteiger partial charge in [-0.25, -0.2) is 4.79 Å². The maximum atomic E-state index is 12.8. The molecule has 0 saturated carbocycles. The van der Waals surface area contributed by atoms with Crippen molar-refractivity contribution in [1.29, 1.82) is 0 Å². The maximum absolute atomic E-state index is 12.8. The van der Waals surface area contributed by atoms with Crippen molar-refractivity contribution >= 4 is 39.7 Å². The highest BCUT2D eigenvalue weighted by atomic mass is 35.5. The lowest BCUT2D eigenvalue weighted by molar-refractivity contribution is 0.0523. The number of hydrogen-bond acceptors (Lipinski definition) is 5. The Morgan fingerprint density at radius 1 is 0.977 bits per heavy atom. The van der Waals surface area contributed by atoms with Crippen LogP contribution in [-0.4, -0.2) is 55.2 Å². The van der Waals surface area contributed by atoms with Crippen LogP contribution in [0.25, 0.3) is 16.5 Å². The van der Waals surface area contributed by atoms with Gasteiger partial charge < -0.3 is 19.4 Å². The Kier molecular flexibility index (Phi) is 8.51. The van der Waals surface area contributed by atoms with E-state index in [1.165, 1.54) is 17.6 Å². The predicted octanol–water partition coefficient (Wildman–Crippen LogP) is 8.58. The predicted molar refractivity (Wildman–Crippen MR) is 175 cm³/mol. The summed E-state index contributed by atoms with van der Waals surface area (Å²) in [7, 11) is 0. The summed E-state index contributed by atoms with van der Waals surface area (Å²) in [6, 6.07) is 22.1. The van der Waals surface area contributed by atoms with Gasteiger partial charge in [0.2, 0.25) is 0 Å². The number of nitrogens with zero attached hydrogens (tertiary/aromatic N) is 2. The van der Waals surface area contributed by atoms with E-state index in [0.717, 1.165) is 67.2 Å². The minimum atomic E-state index is -0.378. The van der Waals surface area contributed by atoms with E-state index in [1.54, 1.807) is 5.57 Å². The SMILES string of the molecule is CCOC(=O)c1ccc(N2CCN(CC3=C(c4ccc(Cl)cc4)CC(C)(C)CC3)CC2)cc1Oc1ccc2[nH]ccc2c1. The van der Waals surface area contributed by atoms with Gasteiger partial charge in [-0.15, -0.1) is 0 Å². The van der Waals surface area contributed by atoms with Crippen LogP contribution in [0.15, 0.2) is 78.5 Å². The number of hydrogen-bond donors (Lipinski definition) is 1. The highest BCUT2D eigenvalue weighted by Crippen LogP contribution is 2.43. The summed E-state index contributed by atoms with van der Waals surface area (Å²) in [5.74, 6) is 0.813. The number of anilines is 1. The number of nitrogens with one attached hydrogen (secondary N) is 1. The lowest BCUT2D eigenvalue weighted by Gasteiger charge is -2.39. The van der Waals surface area contributed by atoms with Crippen molar-refractivity contribution in [3.8, 4) is 11.5 Å². The molecular formula is C36H40ClN3O3. The first-order valence-electron chi connectivity index (χ1n) is 15.3. The Hall–Kier alpha value is -3.74. The lowest BCUT2D eigenvalue weighted by Crippen LogP contribution is -2.47. The Balaban J connectivity index is 1.18. The average Bonchev–Trinajstić information content (AvgIpc) is 3.47. The van der Waals surface area contributed by atoms with Crippen LogP contribution in [0.5, 0.6) is 11.5 Å². The second-order valence-corrected chi connectivity index (χ2v) is 12.9. The lowest BCUT2D eigenvalue weighted by atomic mass is 9.72. The summed E-state index contributed by atoms with van der Waals surface area (Å²) in [5.41, 5.74) is 7.17. The van der Waals surface area contributed by atoms with Gasteiger partial charge >= 0.3 is 5.97 Å². The molecular weight excluding hydrogens is 558 g/mol. The zero-order chi connectivity index (χ0) is 30.0. The number of carbonyl (C=O) groups excluding carboxylic acids is 1. The van der Waals surface area contributed by atoms with Gasteiger partial charge in [0.25, 0.3) is 0 Å². The third kappa shape index (κ3) is 6.76. The van der Waals surface area contributed by atoms with Crippen molar-refractivity contribution in [2.45, 2.75) is 40.0 Å². The molecule has 1 N–H and O–H groups in total. The van der Waals surface area contributed by atoms with Gasteiger partial charge in [0.15, 0.2) is 0 Å². The molecule has 7 heteroatoms. The second-order valence-electron chi connectivity index (χ2n) is 12.4. The number of aromatic nitrogens is 1. The summed E-state index contributed by atoms with van der Waals surface area (Å²) in [6.45, 7) is 11.6. The Morgan fingerprint density at radius 3 is 2.53 bits per heavy atom. The third-order valence-corrected chi connectivity index (χ3v) is 9.00. The van der Waals surface area contributed by atoms with Crippen LogP contribution in [0.4, 0.5) is 5.69 Å². The van der Waals surface area contributed by atoms with Crippen molar-refractivity contribution in [1.82, 2.24) is 9.88 Å². The van der Waals surface area contributed by atoms with E-state index >= 15 is 0 Å². The molecule has 4 aromatic rings. The Labute approximate surface area is 259 Å². The molecule has 0 unspecified atom stereocenters. The molecule has 0 atom stereocenters. The Bertz CT molecular complexity index is 1630. The first kappa shape index (κ1) is 29.3. The van der Waals surface area contributed by atoms with Gasteiger partial charge in [0, 0.05) is 66.6 Å². The van der Waals surface area contributed by atoms with Crippen molar-refractivity contribution < 1.29 is 14.3 Å². The van der Waals surface area contributed by atoms with E-state index in [4.69, 9.17) is 21.1 Å². The summed E-state index contributed by atoms with van der Waals surface area (Å²) in [6.07, 6.45) is 5.35. The Morgan fingerprint density at radius 2 is 1.77 bits per heavy atom. The fraction of sp³-hybridized carbons (Fsp3) is 0.361. The fourth-order valence-corrected chi connectivity index (χ4v) is 6.42. The van der Waals surface area contributed by atoms with Crippen LogP contribution >= 0.6 is 11.6 Å². The first-order chi connectivity index (χ1) is 20.8. The molecule has 1 aromatic heterocycles. The molecule has 6 nitrogen and oxygen atoms in total. The molecule has 2 aliphatic rings. The minimum absolute atomic E-state index is 0.306. The van der Waals surface area contributed by atoms with Crippen molar-refractivity contribution in [2.24, 2.45) is 5.41 Å². The highest BCUT2D eigenvalue weighted by molar-refractivity contribution is 6.30. The van der Waals surface area contributed by atoms with Gasteiger partial charge in [-0.05, 0) is 91.3 Å². The number of piperazine rings is 1. The number of rotatable bonds is 8. The zero-order valence-electron chi connectivity index (χ0n) is 25.3. The summed E-state index contributed by atoms with van der Waals surface area (Å²) in [5, 5.41) is 1.83. The highest BCUT2D eigenvalue weighted by Gasteiger charge is 2.29. The number of benzene rings is 3. The molecule has 0 spiro atoms. The number of carbonyl (C=O) groups is 1. The largest absolute Gasteiger partial charge is 0.462 e. The molecule has 1 aliphatic carbocycles. The van der Waals surface area contributed by atoms with Gasteiger partial charge in [-0.1, -0.05) is 43.2 Å². The molecule has 6 rings (SSSR count). The number of ether oxygens (including phenoxy) is 2.